The molecule has 0 radical (unpaired) electrons. The third-order valence-electron chi connectivity index (χ3n) is 1.04. The quantitative estimate of drug-likeness (QED) is 0.563. The summed E-state index contributed by atoms with van der Waals surface area (Å²) in [6, 6.07) is 0. The van der Waals surface area contributed by atoms with Crippen molar-refractivity contribution in [3.05, 3.63) is 12.3 Å². The molecule has 0 amide bonds. The first-order valence-corrected chi connectivity index (χ1v) is 7.03. The molecule has 0 unspecified atom stereocenters. The second kappa shape index (κ2) is 4.00. The maximum atomic E-state index is 5.47. The lowest BCUT2D eigenvalue weighted by molar-refractivity contribution is 0.365. The van der Waals surface area contributed by atoms with Gasteiger partial charge in [0.05, 0.1) is 0 Å². The molecule has 0 N–H and O–H groups in total. The van der Waals surface area contributed by atoms with Gasteiger partial charge in [-0.05, 0) is 13.1 Å². The molecule has 0 bridgehead atoms. The van der Waals surface area contributed by atoms with Crippen LogP contribution in [0.5, 0.6) is 0 Å². The summed E-state index contributed by atoms with van der Waals surface area (Å²) < 4.78 is 10.3. The molecule has 0 atom stereocenters. The van der Waals surface area contributed by atoms with Crippen LogP contribution in [-0.4, -0.2) is 25.4 Å². The van der Waals surface area contributed by atoms with Gasteiger partial charge < -0.3 is 8.54 Å². The van der Waals surface area contributed by atoms with Crippen LogP contribution in [0.15, 0.2) is 12.3 Å². The Bertz CT molecular complexity index is 93.0. The summed E-state index contributed by atoms with van der Waals surface area (Å²) in [6.45, 7) is 7.90. The van der Waals surface area contributed by atoms with E-state index in [4.69, 9.17) is 8.54 Å². The molecule has 0 heterocycles. The van der Waals surface area contributed by atoms with Crippen molar-refractivity contribution in [2.45, 2.75) is 13.1 Å². The van der Waals surface area contributed by atoms with E-state index in [1.807, 2.05) is 5.70 Å². The summed E-state index contributed by atoms with van der Waals surface area (Å²) in [7, 11) is -0.520. The maximum Gasteiger partial charge on any atom is 0.294 e. The molecule has 0 aliphatic heterocycles. The summed E-state index contributed by atoms with van der Waals surface area (Å²) in [6.07, 6.45) is 0. The minimum absolute atomic E-state index is 0.703. The second-order valence-electron chi connectivity index (χ2n) is 2.36. The first kappa shape index (κ1) is 9.09. The molecule has 0 aliphatic rings. The van der Waals surface area contributed by atoms with Crippen LogP contribution in [0.1, 0.15) is 0 Å². The van der Waals surface area contributed by atoms with Crippen molar-refractivity contribution in [1.29, 1.82) is 0 Å². The van der Waals surface area contributed by atoms with Gasteiger partial charge in [0.1, 0.15) is 0 Å². The van der Waals surface area contributed by atoms with Crippen LogP contribution >= 0.6 is 0 Å². The van der Waals surface area contributed by atoms with Crippen molar-refractivity contribution >= 4 is 18.3 Å². The topological polar surface area (TPSA) is 18.5 Å². The molecule has 0 aliphatic carbocycles. The van der Waals surface area contributed by atoms with E-state index < -0.39 is 18.3 Å². The molecule has 0 aromatic heterocycles. The monoisotopic (exact) mass is 162 g/mol. The van der Waals surface area contributed by atoms with Gasteiger partial charge in [-0.25, -0.2) is 0 Å². The molecule has 54 valence electrons. The van der Waals surface area contributed by atoms with Gasteiger partial charge in [0.15, 0.2) is 8.32 Å². The molecular formula is C5H14O2Si2. The Morgan fingerprint density at radius 3 is 2.44 bits per heavy atom. The fourth-order valence-electron chi connectivity index (χ4n) is 0.270. The minimum atomic E-state index is -1.50. The summed E-state index contributed by atoms with van der Waals surface area (Å²) >= 11 is 0. The van der Waals surface area contributed by atoms with Crippen LogP contribution in [0.4, 0.5) is 0 Å². The summed E-state index contributed by atoms with van der Waals surface area (Å²) in [5.41, 5.74) is 1.92. The van der Waals surface area contributed by atoms with Crippen LogP contribution in [0.3, 0.4) is 0 Å². The highest BCUT2D eigenvalue weighted by molar-refractivity contribution is 6.79. The lowest BCUT2D eigenvalue weighted by Crippen LogP contribution is -2.30. The summed E-state index contributed by atoms with van der Waals surface area (Å²) in [4.78, 5) is 0. The van der Waals surface area contributed by atoms with Gasteiger partial charge in [-0.15, -0.1) is 6.58 Å². The first-order valence-electron chi connectivity index (χ1n) is 2.89. The van der Waals surface area contributed by atoms with E-state index in [9.17, 15) is 0 Å². The highest BCUT2D eigenvalue weighted by Gasteiger charge is 2.15. The SMILES string of the molecule is C=C[Si](C)(C)O[SiH2]OC. The molecule has 0 aromatic carbocycles. The lowest BCUT2D eigenvalue weighted by atomic mass is 11.3. The Balaban J connectivity index is 3.45. The van der Waals surface area contributed by atoms with E-state index >= 15 is 0 Å². The first-order chi connectivity index (χ1) is 4.12. The van der Waals surface area contributed by atoms with Gasteiger partial charge in [-0.1, -0.05) is 5.70 Å². The van der Waals surface area contributed by atoms with E-state index in [0.29, 0.717) is 0 Å². The van der Waals surface area contributed by atoms with Gasteiger partial charge in [-0.3, -0.25) is 0 Å². The van der Waals surface area contributed by atoms with E-state index in [2.05, 4.69) is 19.7 Å². The van der Waals surface area contributed by atoms with Crippen molar-refractivity contribution in [3.8, 4) is 0 Å². The van der Waals surface area contributed by atoms with Crippen molar-refractivity contribution in [2.24, 2.45) is 0 Å². The molecule has 0 aromatic rings. The van der Waals surface area contributed by atoms with Crippen molar-refractivity contribution < 1.29 is 8.54 Å². The fraction of sp³-hybridized carbons (Fsp3) is 0.600. The molecule has 0 fully saturated rings. The third-order valence-corrected chi connectivity index (χ3v) is 5.71. The van der Waals surface area contributed by atoms with E-state index in [0.717, 1.165) is 0 Å². The van der Waals surface area contributed by atoms with Gasteiger partial charge in [-0.2, -0.15) is 0 Å². The van der Waals surface area contributed by atoms with Crippen molar-refractivity contribution in [2.75, 3.05) is 7.11 Å². The van der Waals surface area contributed by atoms with Crippen LogP contribution < -0.4 is 0 Å². The maximum absolute atomic E-state index is 5.47. The van der Waals surface area contributed by atoms with E-state index in [-0.39, 0.29) is 0 Å². The average Bonchev–Trinajstić information content (AvgIpc) is 1.84. The molecule has 4 heteroatoms. The molecular weight excluding hydrogens is 148 g/mol. The van der Waals surface area contributed by atoms with Crippen molar-refractivity contribution in [3.63, 3.8) is 0 Å². The second-order valence-corrected chi connectivity index (χ2v) is 7.94. The van der Waals surface area contributed by atoms with Crippen LogP contribution in [0.25, 0.3) is 0 Å². The Morgan fingerprint density at radius 2 is 2.11 bits per heavy atom. The Labute approximate surface area is 60.1 Å². The van der Waals surface area contributed by atoms with Gasteiger partial charge in [0, 0.05) is 7.11 Å². The molecule has 9 heavy (non-hydrogen) atoms. The number of hydrogen-bond acceptors (Lipinski definition) is 2. The smallest absolute Gasteiger partial charge is 0.294 e. The molecule has 0 saturated carbocycles. The van der Waals surface area contributed by atoms with Crippen LogP contribution in [0, 0.1) is 0 Å². The van der Waals surface area contributed by atoms with E-state index in [1.54, 1.807) is 7.11 Å². The fourth-order valence-corrected chi connectivity index (χ4v) is 2.43. The predicted molar refractivity (Wildman–Crippen MR) is 44.3 cm³/mol. The zero-order chi connectivity index (χ0) is 7.33. The van der Waals surface area contributed by atoms with Gasteiger partial charge >= 0.3 is 0 Å². The highest BCUT2D eigenvalue weighted by atomic mass is 28.4. The molecule has 0 rings (SSSR count). The van der Waals surface area contributed by atoms with Crippen LogP contribution in [-0.2, 0) is 8.54 Å². The average molecular weight is 162 g/mol. The summed E-state index contributed by atoms with van der Waals surface area (Å²) in [5, 5.41) is 0. The lowest BCUT2D eigenvalue weighted by Gasteiger charge is -2.16. The number of hydrogen-bond donors (Lipinski definition) is 0. The highest BCUT2D eigenvalue weighted by Crippen LogP contribution is 2.02. The standard InChI is InChI=1S/C5H14O2Si2/c1-5-9(3,4)7-8-6-2/h5H,1,8H2,2-4H3. The summed E-state index contributed by atoms with van der Waals surface area (Å²) in [5.74, 6) is 0. The van der Waals surface area contributed by atoms with E-state index in [1.165, 1.54) is 0 Å². The third kappa shape index (κ3) is 4.59. The number of rotatable bonds is 4. The van der Waals surface area contributed by atoms with Gasteiger partial charge in [0.2, 0.25) is 0 Å². The van der Waals surface area contributed by atoms with Crippen LogP contribution in [0.2, 0.25) is 13.1 Å². The zero-order valence-electron chi connectivity index (χ0n) is 6.31. The Morgan fingerprint density at radius 1 is 1.56 bits per heavy atom. The van der Waals surface area contributed by atoms with Crippen molar-refractivity contribution in [1.82, 2.24) is 0 Å². The molecule has 0 spiro atoms. The normalized spacial score (nSPS) is 12.8. The zero-order valence-corrected chi connectivity index (χ0v) is 8.72. The predicted octanol–water partition coefficient (Wildman–Crippen LogP) is 0.578. The van der Waals surface area contributed by atoms with Gasteiger partial charge in [0.25, 0.3) is 10.0 Å². The molecule has 0 saturated heterocycles. The largest absolute Gasteiger partial charge is 0.437 e. The Kier molecular flexibility index (Phi) is 4.04. The molecule has 2 nitrogen and oxygen atoms in total. The minimum Gasteiger partial charge on any atom is -0.437 e. The Hall–Kier alpha value is 0.0938.